The molecule has 5 heteroatoms. The largest absolute Gasteiger partial charge is 0.333 e. The maximum atomic E-state index is 13.6. The number of nitrogens with zero attached hydrogens (tertiary/aromatic N) is 1. The molecule has 0 spiro atoms. The molecule has 1 heterocycles. The van der Waals surface area contributed by atoms with Gasteiger partial charge in [-0.15, -0.1) is 11.3 Å². The lowest BCUT2D eigenvalue weighted by Crippen LogP contribution is -2.32. The van der Waals surface area contributed by atoms with Crippen LogP contribution in [-0.2, 0) is 6.54 Å². The van der Waals surface area contributed by atoms with E-state index in [1.807, 2.05) is 17.0 Å². The summed E-state index contributed by atoms with van der Waals surface area (Å²) in [7, 11) is 0. The van der Waals surface area contributed by atoms with Gasteiger partial charge in [0, 0.05) is 22.9 Å². The highest BCUT2D eigenvalue weighted by Crippen LogP contribution is 2.30. The number of halogens is 2. The number of amides is 1. The summed E-state index contributed by atoms with van der Waals surface area (Å²) in [6.07, 6.45) is 0.811. The van der Waals surface area contributed by atoms with E-state index in [0.29, 0.717) is 28.7 Å². The molecule has 0 fully saturated rings. The maximum absolute atomic E-state index is 13.6. The number of rotatable bonds is 8. The Bertz CT molecular complexity index is 1170. The van der Waals surface area contributed by atoms with Gasteiger partial charge in [0.15, 0.2) is 0 Å². The van der Waals surface area contributed by atoms with Crippen LogP contribution in [0.5, 0.6) is 0 Å². The molecule has 1 amide bonds. The van der Waals surface area contributed by atoms with Crippen molar-refractivity contribution in [2.24, 2.45) is 0 Å². The zero-order chi connectivity index (χ0) is 23.2. The molecule has 0 saturated heterocycles. The fraction of sp³-hybridized carbons (Fsp3) is 0.179. The van der Waals surface area contributed by atoms with Crippen LogP contribution in [0.2, 0.25) is 10.0 Å². The molecule has 168 valence electrons. The highest BCUT2D eigenvalue weighted by Gasteiger charge is 2.22. The summed E-state index contributed by atoms with van der Waals surface area (Å²) >= 11 is 14.0. The Morgan fingerprint density at radius 3 is 2.06 bits per heavy atom. The van der Waals surface area contributed by atoms with Crippen LogP contribution in [0.4, 0.5) is 0 Å². The summed E-state index contributed by atoms with van der Waals surface area (Å²) in [6.45, 7) is 3.27. The van der Waals surface area contributed by atoms with Crippen LogP contribution in [0.1, 0.15) is 44.3 Å². The first-order valence-corrected chi connectivity index (χ1v) is 12.5. The van der Waals surface area contributed by atoms with Crippen molar-refractivity contribution in [3.05, 3.63) is 127 Å². The lowest BCUT2D eigenvalue weighted by atomic mass is 9.88. The van der Waals surface area contributed by atoms with E-state index in [1.165, 1.54) is 21.6 Å². The monoisotopic (exact) mass is 493 g/mol. The summed E-state index contributed by atoms with van der Waals surface area (Å²) in [4.78, 5) is 16.7. The van der Waals surface area contributed by atoms with Gasteiger partial charge < -0.3 is 4.90 Å². The van der Waals surface area contributed by atoms with E-state index >= 15 is 0 Å². The summed E-state index contributed by atoms with van der Waals surface area (Å²) in [6, 6.07) is 28.2. The zero-order valence-electron chi connectivity index (χ0n) is 18.4. The molecule has 33 heavy (non-hydrogen) atoms. The molecule has 4 aromatic rings. The van der Waals surface area contributed by atoms with Crippen molar-refractivity contribution < 1.29 is 4.79 Å². The van der Waals surface area contributed by atoms with Crippen LogP contribution >= 0.6 is 34.5 Å². The van der Waals surface area contributed by atoms with Gasteiger partial charge in [0.2, 0.25) is 0 Å². The Morgan fingerprint density at radius 1 is 0.879 bits per heavy atom. The zero-order valence-corrected chi connectivity index (χ0v) is 20.7. The molecular weight excluding hydrogens is 469 g/mol. The Hall–Kier alpha value is -2.59. The molecule has 1 aromatic heterocycles. The van der Waals surface area contributed by atoms with Gasteiger partial charge in [-0.2, -0.15) is 0 Å². The van der Waals surface area contributed by atoms with Crippen LogP contribution < -0.4 is 0 Å². The Labute approximate surface area is 209 Å². The van der Waals surface area contributed by atoms with Gasteiger partial charge in [0.25, 0.3) is 5.91 Å². The standard InChI is InChI=1S/C28H25Cl2NOS/c1-20-15-17-33-27(20)19-31(28(32)23-12-13-25(29)26(30)18-23)16-14-24(21-8-4-2-5-9-21)22-10-6-3-7-11-22/h2-13,15,17-18,24H,14,16,19H2,1H3. The van der Waals surface area contributed by atoms with Crippen LogP contribution in [0.3, 0.4) is 0 Å². The van der Waals surface area contributed by atoms with Crippen molar-refractivity contribution in [1.29, 1.82) is 0 Å². The quantitative estimate of drug-likeness (QED) is 0.242. The van der Waals surface area contributed by atoms with Gasteiger partial charge in [-0.05, 0) is 59.7 Å². The van der Waals surface area contributed by atoms with E-state index in [0.717, 1.165) is 6.42 Å². The first-order valence-electron chi connectivity index (χ1n) is 10.9. The molecule has 4 rings (SSSR count). The third-order valence-electron chi connectivity index (χ3n) is 5.85. The summed E-state index contributed by atoms with van der Waals surface area (Å²) in [5.74, 6) is 0.155. The van der Waals surface area contributed by atoms with Gasteiger partial charge in [-0.3, -0.25) is 4.79 Å². The van der Waals surface area contributed by atoms with E-state index in [9.17, 15) is 4.79 Å². The lowest BCUT2D eigenvalue weighted by Gasteiger charge is -2.26. The summed E-state index contributed by atoms with van der Waals surface area (Å²) < 4.78 is 0. The molecule has 0 unspecified atom stereocenters. The molecule has 0 radical (unpaired) electrons. The van der Waals surface area contributed by atoms with Crippen molar-refractivity contribution in [3.8, 4) is 0 Å². The SMILES string of the molecule is Cc1ccsc1CN(CCC(c1ccccc1)c1ccccc1)C(=O)c1ccc(Cl)c(Cl)c1. The number of hydrogen-bond donors (Lipinski definition) is 0. The van der Waals surface area contributed by atoms with Gasteiger partial charge >= 0.3 is 0 Å². The Kier molecular flexibility index (Phi) is 7.87. The van der Waals surface area contributed by atoms with E-state index in [1.54, 1.807) is 29.5 Å². The minimum Gasteiger partial charge on any atom is -0.333 e. The fourth-order valence-electron chi connectivity index (χ4n) is 3.98. The van der Waals surface area contributed by atoms with Crippen molar-refractivity contribution in [1.82, 2.24) is 4.90 Å². The van der Waals surface area contributed by atoms with Gasteiger partial charge in [-0.25, -0.2) is 0 Å². The molecule has 0 N–H and O–H groups in total. The first kappa shape index (κ1) is 23.6. The average molecular weight is 494 g/mol. The van der Waals surface area contributed by atoms with Crippen LogP contribution in [0.25, 0.3) is 0 Å². The third-order valence-corrected chi connectivity index (χ3v) is 7.59. The fourth-order valence-corrected chi connectivity index (χ4v) is 5.20. The summed E-state index contributed by atoms with van der Waals surface area (Å²) in [5, 5.41) is 2.91. The number of thiophene rings is 1. The molecule has 0 aliphatic carbocycles. The molecule has 0 bridgehead atoms. The molecule has 0 saturated carbocycles. The number of aryl methyl sites for hydroxylation is 1. The topological polar surface area (TPSA) is 20.3 Å². The second kappa shape index (κ2) is 11.0. The number of carbonyl (C=O) groups is 1. The van der Waals surface area contributed by atoms with E-state index in [4.69, 9.17) is 23.2 Å². The Balaban J connectivity index is 1.62. The molecule has 0 aliphatic heterocycles. The molecular formula is C28H25Cl2NOS. The van der Waals surface area contributed by atoms with Crippen LogP contribution in [0, 0.1) is 6.92 Å². The molecule has 2 nitrogen and oxygen atoms in total. The average Bonchev–Trinajstić information content (AvgIpc) is 3.25. The third kappa shape index (κ3) is 5.86. The number of carbonyl (C=O) groups excluding carboxylic acids is 1. The highest BCUT2D eigenvalue weighted by atomic mass is 35.5. The predicted molar refractivity (Wildman–Crippen MR) is 140 cm³/mol. The maximum Gasteiger partial charge on any atom is 0.254 e. The van der Waals surface area contributed by atoms with Crippen molar-refractivity contribution >= 4 is 40.4 Å². The van der Waals surface area contributed by atoms with Crippen molar-refractivity contribution in [2.45, 2.75) is 25.8 Å². The van der Waals surface area contributed by atoms with Crippen LogP contribution in [0.15, 0.2) is 90.3 Å². The normalized spacial score (nSPS) is 11.0. The van der Waals surface area contributed by atoms with E-state index in [2.05, 4.69) is 66.9 Å². The number of benzene rings is 3. The number of hydrogen-bond acceptors (Lipinski definition) is 2. The van der Waals surface area contributed by atoms with E-state index in [-0.39, 0.29) is 11.8 Å². The lowest BCUT2D eigenvalue weighted by molar-refractivity contribution is 0.0740. The van der Waals surface area contributed by atoms with Gasteiger partial charge in [0.1, 0.15) is 0 Å². The van der Waals surface area contributed by atoms with Gasteiger partial charge in [0.05, 0.1) is 16.6 Å². The van der Waals surface area contributed by atoms with Crippen molar-refractivity contribution in [2.75, 3.05) is 6.54 Å². The first-order chi connectivity index (χ1) is 16.0. The smallest absolute Gasteiger partial charge is 0.254 e. The second-order valence-electron chi connectivity index (χ2n) is 8.05. The minimum absolute atomic E-state index is 0.0405. The van der Waals surface area contributed by atoms with Gasteiger partial charge in [-0.1, -0.05) is 83.9 Å². The Morgan fingerprint density at radius 2 is 1.52 bits per heavy atom. The molecule has 3 aromatic carbocycles. The molecule has 0 aliphatic rings. The predicted octanol–water partition coefficient (Wildman–Crippen LogP) is 8.23. The summed E-state index contributed by atoms with van der Waals surface area (Å²) in [5.41, 5.74) is 4.25. The van der Waals surface area contributed by atoms with Crippen molar-refractivity contribution in [3.63, 3.8) is 0 Å². The molecule has 0 atom stereocenters. The second-order valence-corrected chi connectivity index (χ2v) is 9.86. The minimum atomic E-state index is -0.0405. The van der Waals surface area contributed by atoms with Crippen LogP contribution in [-0.4, -0.2) is 17.4 Å². The highest BCUT2D eigenvalue weighted by molar-refractivity contribution is 7.10. The van der Waals surface area contributed by atoms with E-state index < -0.39 is 0 Å².